The van der Waals surface area contributed by atoms with E-state index in [2.05, 4.69) is 62.4 Å². The second-order valence-corrected chi connectivity index (χ2v) is 15.0. The van der Waals surface area contributed by atoms with E-state index < -0.39 is 19.4 Å². The molecule has 0 N–H and O–H groups in total. The van der Waals surface area contributed by atoms with Gasteiger partial charge >= 0.3 is 155 Å². The second-order valence-electron chi connectivity index (χ2n) is 6.22. The van der Waals surface area contributed by atoms with E-state index in [-0.39, 0.29) is 0 Å². The molecule has 0 saturated carbocycles. The molecule has 23 heavy (non-hydrogen) atoms. The Morgan fingerprint density at radius 1 is 1.04 bits per heavy atom. The summed E-state index contributed by atoms with van der Waals surface area (Å²) in [6.07, 6.45) is 5.94. The molecule has 3 rings (SSSR count). The van der Waals surface area contributed by atoms with Crippen molar-refractivity contribution in [2.24, 2.45) is 0 Å². The van der Waals surface area contributed by atoms with Gasteiger partial charge in [-0.05, 0) is 0 Å². The number of halogens is 2. The van der Waals surface area contributed by atoms with Crippen LogP contribution in [0.3, 0.4) is 0 Å². The van der Waals surface area contributed by atoms with Crippen molar-refractivity contribution in [3.63, 3.8) is 0 Å². The second kappa shape index (κ2) is 7.68. The van der Waals surface area contributed by atoms with Crippen molar-refractivity contribution in [1.29, 1.82) is 0 Å². The standard InChI is InChI=1S/C20H21.2ClH.Zr/c1-3-4-6-16-9-11-17(12-10-16)19-8-5-7-18-13-15(2)14-20(18)19;;;/h5,7-14H,3-4,6H2,1-2H3;2*1H;/q;;;+2/p-2. The molecule has 1 unspecified atom stereocenters. The fraction of sp³-hybridized carbons (Fsp3) is 0.300. The molecule has 0 saturated heterocycles. The van der Waals surface area contributed by atoms with E-state index in [1.807, 2.05) is 0 Å². The minimum atomic E-state index is -2.35. The van der Waals surface area contributed by atoms with Gasteiger partial charge in [-0.1, -0.05) is 0 Å². The van der Waals surface area contributed by atoms with Gasteiger partial charge in [0.15, 0.2) is 0 Å². The Morgan fingerprint density at radius 3 is 2.43 bits per heavy atom. The zero-order valence-corrected chi connectivity index (χ0v) is 17.5. The molecule has 2 aromatic rings. The summed E-state index contributed by atoms with van der Waals surface area (Å²) in [7, 11) is 12.8. The maximum atomic E-state index is 6.40. The van der Waals surface area contributed by atoms with Crippen molar-refractivity contribution in [3.8, 4) is 11.1 Å². The first-order valence-electron chi connectivity index (χ1n) is 8.20. The Kier molecular flexibility index (Phi) is 5.84. The minimum absolute atomic E-state index is 0.305. The number of aryl methyl sites for hydroxylation is 1. The van der Waals surface area contributed by atoms with E-state index >= 15 is 0 Å². The van der Waals surface area contributed by atoms with Crippen LogP contribution in [0, 0.1) is 0 Å². The Labute approximate surface area is 154 Å². The van der Waals surface area contributed by atoms with Crippen LogP contribution in [0.1, 0.15) is 47.0 Å². The van der Waals surface area contributed by atoms with E-state index in [1.165, 1.54) is 52.7 Å². The van der Waals surface area contributed by atoms with Crippen LogP contribution in [-0.2, 0) is 25.8 Å². The van der Waals surface area contributed by atoms with Crippen molar-refractivity contribution in [2.75, 3.05) is 0 Å². The first kappa shape index (κ1) is 17.5. The molecule has 0 aliphatic heterocycles. The molecule has 0 aromatic heterocycles. The molecule has 0 heterocycles. The molecule has 0 fully saturated rings. The van der Waals surface area contributed by atoms with Crippen molar-refractivity contribution in [2.45, 2.75) is 36.7 Å². The SMILES string of the molecule is CCCCc1ccc(-c2cccc3c2C=C(C)[CH]3[Zr]([Cl])[Cl])cc1. The van der Waals surface area contributed by atoms with E-state index in [0.29, 0.717) is 3.63 Å². The molecular formula is C20H21Cl2Zr. The number of fused-ring (bicyclic) bond motifs is 1. The number of benzene rings is 2. The summed E-state index contributed by atoms with van der Waals surface area (Å²) in [5.74, 6) is 0. The van der Waals surface area contributed by atoms with Crippen molar-refractivity contribution in [1.82, 2.24) is 0 Å². The fourth-order valence-electron chi connectivity index (χ4n) is 3.33. The number of hydrogen-bond acceptors (Lipinski definition) is 0. The molecule has 0 nitrogen and oxygen atoms in total. The monoisotopic (exact) mass is 421 g/mol. The number of hydrogen-bond donors (Lipinski definition) is 0. The summed E-state index contributed by atoms with van der Waals surface area (Å²) in [5, 5.41) is 0. The number of rotatable bonds is 5. The van der Waals surface area contributed by atoms with E-state index in [1.54, 1.807) is 0 Å². The van der Waals surface area contributed by atoms with Crippen LogP contribution in [-0.4, -0.2) is 0 Å². The van der Waals surface area contributed by atoms with Crippen LogP contribution in [0.4, 0.5) is 0 Å². The van der Waals surface area contributed by atoms with Gasteiger partial charge in [0.1, 0.15) is 0 Å². The molecule has 1 aliphatic carbocycles. The predicted molar refractivity (Wildman–Crippen MR) is 98.6 cm³/mol. The maximum absolute atomic E-state index is 6.40. The topological polar surface area (TPSA) is 0 Å². The van der Waals surface area contributed by atoms with Gasteiger partial charge in [0.05, 0.1) is 0 Å². The fourth-order valence-corrected chi connectivity index (χ4v) is 9.00. The number of unbranched alkanes of at least 4 members (excludes halogenated alkanes) is 1. The Balaban J connectivity index is 1.96. The van der Waals surface area contributed by atoms with Crippen LogP contribution in [0.15, 0.2) is 48.0 Å². The Morgan fingerprint density at radius 2 is 1.78 bits per heavy atom. The summed E-state index contributed by atoms with van der Waals surface area (Å²) < 4.78 is 0.305. The molecule has 119 valence electrons. The van der Waals surface area contributed by atoms with Crippen LogP contribution in [0.25, 0.3) is 17.2 Å². The van der Waals surface area contributed by atoms with Gasteiger partial charge in [0, 0.05) is 0 Å². The first-order chi connectivity index (χ1) is 11.1. The Bertz CT molecular complexity index is 717. The van der Waals surface area contributed by atoms with E-state index in [0.717, 1.165) is 0 Å². The molecule has 3 heteroatoms. The van der Waals surface area contributed by atoms with Gasteiger partial charge in [0.25, 0.3) is 0 Å². The van der Waals surface area contributed by atoms with Crippen molar-refractivity contribution >= 4 is 23.1 Å². The van der Waals surface area contributed by atoms with Gasteiger partial charge < -0.3 is 0 Å². The molecule has 0 bridgehead atoms. The molecular weight excluding hydrogens is 402 g/mol. The Hall–Kier alpha value is -0.357. The molecule has 0 spiro atoms. The van der Waals surface area contributed by atoms with Gasteiger partial charge in [-0.3, -0.25) is 0 Å². The molecule has 1 atom stereocenters. The predicted octanol–water partition coefficient (Wildman–Crippen LogP) is 7.08. The third kappa shape index (κ3) is 3.68. The molecule has 2 aromatic carbocycles. The van der Waals surface area contributed by atoms with Crippen molar-refractivity contribution < 1.29 is 19.4 Å². The van der Waals surface area contributed by atoms with E-state index in [4.69, 9.17) is 17.0 Å². The molecule has 1 aliphatic rings. The first-order valence-corrected chi connectivity index (χ1v) is 15.9. The average molecular weight is 424 g/mol. The van der Waals surface area contributed by atoms with Crippen LogP contribution < -0.4 is 0 Å². The number of allylic oxidation sites excluding steroid dienone is 1. The molecule has 0 amide bonds. The third-order valence-electron chi connectivity index (χ3n) is 4.58. The van der Waals surface area contributed by atoms with Gasteiger partial charge in [0.2, 0.25) is 0 Å². The van der Waals surface area contributed by atoms with Crippen molar-refractivity contribution in [3.05, 3.63) is 64.7 Å². The normalized spacial score (nSPS) is 16.2. The third-order valence-corrected chi connectivity index (χ3v) is 10.1. The van der Waals surface area contributed by atoms with Crippen LogP contribution in [0.2, 0.25) is 0 Å². The van der Waals surface area contributed by atoms with Crippen LogP contribution in [0.5, 0.6) is 0 Å². The quantitative estimate of drug-likeness (QED) is 0.482. The summed E-state index contributed by atoms with van der Waals surface area (Å²) in [5.41, 5.74) is 7.96. The van der Waals surface area contributed by atoms with Gasteiger partial charge in [-0.25, -0.2) is 0 Å². The molecule has 0 radical (unpaired) electrons. The summed E-state index contributed by atoms with van der Waals surface area (Å²) in [4.78, 5) is 0. The zero-order valence-electron chi connectivity index (χ0n) is 13.6. The van der Waals surface area contributed by atoms with Gasteiger partial charge in [-0.2, -0.15) is 0 Å². The summed E-state index contributed by atoms with van der Waals surface area (Å²) in [6.45, 7) is 4.39. The average Bonchev–Trinajstić information content (AvgIpc) is 2.89. The zero-order chi connectivity index (χ0) is 16.4. The van der Waals surface area contributed by atoms with Crippen LogP contribution >= 0.6 is 17.0 Å². The summed E-state index contributed by atoms with van der Waals surface area (Å²) in [6, 6.07) is 15.6. The van der Waals surface area contributed by atoms with Gasteiger partial charge in [-0.15, -0.1) is 0 Å². The summed E-state index contributed by atoms with van der Waals surface area (Å²) >= 11 is -2.35. The van der Waals surface area contributed by atoms with E-state index in [9.17, 15) is 0 Å².